The standard InChI is InChI=1S/C32H12BF24.C13H13N2O2/c34-25(35,36)13-1-14(26(37,38)39)6-21(5-13)33(22-7-15(27(40,41)42)2-16(8-22)28(43,44)45,23-9-17(29(46,47)48)3-18(10-23)30(49,50)51)24-11-19(31(52,53)54)4-20(12-24)32(55,56)57;1-17-13(16)12-4-2-3-11(9-12)10-15-7-5-14-6-8-15/h1-12H;2-9H,10H2,1H3/q-1;+1. The predicted molar refractivity (Wildman–Crippen MR) is 211 cm³/mol. The van der Waals surface area contributed by atoms with Gasteiger partial charge in [-0.3, -0.25) is 4.98 Å². The summed E-state index contributed by atoms with van der Waals surface area (Å²) in [5.41, 5.74) is -28.6. The van der Waals surface area contributed by atoms with Gasteiger partial charge < -0.3 is 4.74 Å². The second-order valence-corrected chi connectivity index (χ2v) is 15.8. The minimum atomic E-state index is -6.13. The van der Waals surface area contributed by atoms with Gasteiger partial charge in [0.2, 0.25) is 0 Å². The lowest BCUT2D eigenvalue weighted by Crippen LogP contribution is -2.75. The summed E-state index contributed by atoms with van der Waals surface area (Å²) >= 11 is 0. The van der Waals surface area contributed by atoms with E-state index in [0.29, 0.717) is 12.1 Å². The van der Waals surface area contributed by atoms with Crippen molar-refractivity contribution in [2.75, 3.05) is 7.11 Å². The van der Waals surface area contributed by atoms with E-state index >= 15 is 0 Å². The Morgan fingerprint density at radius 2 is 0.676 bits per heavy atom. The number of carbonyl (C=O) groups excluding carboxylic acids is 1. The van der Waals surface area contributed by atoms with Crippen molar-refractivity contribution in [1.82, 2.24) is 4.98 Å². The third-order valence-corrected chi connectivity index (χ3v) is 10.8. The minimum Gasteiger partial charge on any atom is -0.465 e. The van der Waals surface area contributed by atoms with Crippen LogP contribution in [0.3, 0.4) is 0 Å². The topological polar surface area (TPSA) is 43.1 Å². The van der Waals surface area contributed by atoms with Crippen molar-refractivity contribution >= 4 is 34.0 Å². The molecule has 1 heterocycles. The molecule has 0 aliphatic heterocycles. The summed E-state index contributed by atoms with van der Waals surface area (Å²) in [6, 6.07) is -1.41. The first-order valence-corrected chi connectivity index (χ1v) is 19.9. The molecule has 1 aromatic heterocycles. The van der Waals surface area contributed by atoms with Crippen molar-refractivity contribution in [3.63, 3.8) is 0 Å². The highest BCUT2D eigenvalue weighted by Crippen LogP contribution is 2.41. The Labute approximate surface area is 398 Å². The lowest BCUT2D eigenvalue weighted by Gasteiger charge is -2.46. The van der Waals surface area contributed by atoms with E-state index in [1.165, 1.54) is 7.11 Å². The molecule has 0 aliphatic rings. The first kappa shape index (κ1) is 57.9. The first-order valence-electron chi connectivity index (χ1n) is 19.9. The van der Waals surface area contributed by atoms with Gasteiger partial charge in [-0.05, 0) is 36.4 Å². The van der Waals surface area contributed by atoms with Crippen LogP contribution in [-0.2, 0) is 60.7 Å². The normalized spacial score (nSPS) is 13.3. The highest BCUT2D eigenvalue weighted by atomic mass is 19.4. The van der Waals surface area contributed by atoms with E-state index in [-0.39, 0.29) is 5.97 Å². The zero-order valence-corrected chi connectivity index (χ0v) is 36.1. The maximum Gasteiger partial charge on any atom is 0.416 e. The molecule has 6 rings (SSSR count). The molecule has 0 saturated heterocycles. The SMILES string of the molecule is COC(=O)c1cccc(C[n+]2ccncc2)c1.FC(F)(F)c1cc([B-](c2cc(C(F)(F)F)cc(C(F)(F)F)c2)(c2cc(C(F)(F)F)cc(C(F)(F)F)c2)c2cc(C(F)(F)F)cc(C(F)(F)F)c2)cc(C(F)(F)F)c1. The number of esters is 1. The fourth-order valence-corrected chi connectivity index (χ4v) is 7.65. The third kappa shape index (κ3) is 13.4. The number of methoxy groups -OCH3 is 1. The molecule has 0 saturated carbocycles. The van der Waals surface area contributed by atoms with Crippen molar-refractivity contribution in [2.24, 2.45) is 0 Å². The van der Waals surface area contributed by atoms with Gasteiger partial charge in [0.05, 0.1) is 69.6 Å². The number of carbonyl (C=O) groups is 1. The summed E-state index contributed by atoms with van der Waals surface area (Å²) in [7, 11) is 1.38. The Hall–Kier alpha value is -6.97. The summed E-state index contributed by atoms with van der Waals surface area (Å²) in [5.74, 6) is -0.313. The quantitative estimate of drug-likeness (QED) is 0.0692. The largest absolute Gasteiger partial charge is 0.465 e. The van der Waals surface area contributed by atoms with Crippen LogP contribution in [-0.4, -0.2) is 24.2 Å². The van der Waals surface area contributed by atoms with Crippen LogP contribution in [0.4, 0.5) is 105 Å². The summed E-state index contributed by atoms with van der Waals surface area (Å²) in [5, 5.41) is 0. The van der Waals surface area contributed by atoms with Gasteiger partial charge in [-0.25, -0.2) is 4.79 Å². The van der Waals surface area contributed by atoms with Crippen LogP contribution in [0.15, 0.2) is 122 Å². The molecular weight excluding hydrogens is 1070 g/mol. The number of benzene rings is 5. The predicted octanol–water partition coefficient (Wildman–Crippen LogP) is 12.4. The van der Waals surface area contributed by atoms with Gasteiger partial charge in [-0.15, -0.1) is 0 Å². The Morgan fingerprint density at radius 3 is 0.905 bits per heavy atom. The fraction of sp³-hybridized carbons (Fsp3) is 0.222. The molecule has 29 heteroatoms. The van der Waals surface area contributed by atoms with Crippen LogP contribution in [0.2, 0.25) is 0 Å². The van der Waals surface area contributed by atoms with Crippen molar-refractivity contribution in [3.8, 4) is 0 Å². The average molecular weight is 1090 g/mol. The molecular formula is C45H25BF24N2O2. The van der Waals surface area contributed by atoms with E-state index in [2.05, 4.69) is 9.72 Å². The fourth-order valence-electron chi connectivity index (χ4n) is 7.65. The van der Waals surface area contributed by atoms with E-state index in [0.717, 1.165) is 5.56 Å². The zero-order valence-electron chi connectivity index (χ0n) is 36.1. The maximum atomic E-state index is 14.2. The molecule has 0 aliphatic carbocycles. The highest BCUT2D eigenvalue weighted by molar-refractivity contribution is 7.20. The molecule has 398 valence electrons. The molecule has 0 bridgehead atoms. The minimum absolute atomic E-state index is 0.313. The van der Waals surface area contributed by atoms with Crippen molar-refractivity contribution in [2.45, 2.75) is 56.0 Å². The van der Waals surface area contributed by atoms with Crippen molar-refractivity contribution in [3.05, 3.63) is 177 Å². The number of nitrogens with zero attached hydrogens (tertiary/aromatic N) is 2. The Kier molecular flexibility index (Phi) is 15.7. The number of ether oxygens (including phenoxy) is 1. The molecule has 4 nitrogen and oxygen atoms in total. The molecule has 0 N–H and O–H groups in total. The number of aromatic nitrogens is 2. The monoisotopic (exact) mass is 1090 g/mol. The molecule has 0 amide bonds. The van der Waals surface area contributed by atoms with Crippen LogP contribution in [0, 0.1) is 0 Å². The second kappa shape index (κ2) is 20.0. The van der Waals surface area contributed by atoms with Gasteiger partial charge in [-0.2, -0.15) is 132 Å². The Morgan fingerprint density at radius 1 is 0.419 bits per heavy atom. The number of hydrogen-bond acceptors (Lipinski definition) is 3. The molecule has 0 radical (unpaired) electrons. The molecule has 0 fully saturated rings. The lowest BCUT2D eigenvalue weighted by molar-refractivity contribution is -0.688. The molecule has 5 aromatic carbocycles. The number of hydrogen-bond donors (Lipinski definition) is 0. The lowest BCUT2D eigenvalue weighted by atomic mass is 9.12. The van der Waals surface area contributed by atoms with E-state index in [4.69, 9.17) is 0 Å². The zero-order chi connectivity index (χ0) is 56.0. The van der Waals surface area contributed by atoms with E-state index in [9.17, 15) is 110 Å². The van der Waals surface area contributed by atoms with E-state index in [1.54, 1.807) is 18.5 Å². The average Bonchev–Trinajstić information content (AvgIpc) is 3.27. The van der Waals surface area contributed by atoms with Crippen LogP contribution < -0.4 is 26.4 Å². The van der Waals surface area contributed by atoms with Crippen LogP contribution >= 0.6 is 0 Å². The second-order valence-electron chi connectivity index (χ2n) is 15.8. The van der Waals surface area contributed by atoms with Gasteiger partial charge in [-0.1, -0.05) is 60.7 Å². The highest BCUT2D eigenvalue weighted by Gasteiger charge is 2.47. The molecule has 6 aromatic rings. The maximum absolute atomic E-state index is 14.2. The van der Waals surface area contributed by atoms with Crippen molar-refractivity contribution < 1.29 is 119 Å². The van der Waals surface area contributed by atoms with Gasteiger partial charge in [0.15, 0.2) is 18.9 Å². The smallest absolute Gasteiger partial charge is 0.416 e. The van der Waals surface area contributed by atoms with Crippen molar-refractivity contribution in [1.29, 1.82) is 0 Å². The number of rotatable bonds is 7. The number of halogens is 24. The van der Waals surface area contributed by atoms with Crippen LogP contribution in [0.25, 0.3) is 0 Å². The van der Waals surface area contributed by atoms with Gasteiger partial charge in [0.25, 0.3) is 0 Å². The number of alkyl halides is 24. The van der Waals surface area contributed by atoms with Gasteiger partial charge in [0.1, 0.15) is 6.15 Å². The molecule has 0 spiro atoms. The van der Waals surface area contributed by atoms with E-state index in [1.807, 2.05) is 35.2 Å². The Bertz CT molecular complexity index is 2550. The van der Waals surface area contributed by atoms with Crippen LogP contribution in [0.5, 0.6) is 0 Å². The van der Waals surface area contributed by atoms with Gasteiger partial charge >= 0.3 is 55.4 Å². The Balaban J connectivity index is 0.000000500. The summed E-state index contributed by atoms with van der Waals surface area (Å²) in [6.45, 7) is 0.702. The summed E-state index contributed by atoms with van der Waals surface area (Å²) in [4.78, 5) is 15.3. The molecule has 0 unspecified atom stereocenters. The van der Waals surface area contributed by atoms with Gasteiger partial charge in [0, 0.05) is 5.56 Å². The summed E-state index contributed by atoms with van der Waals surface area (Å²) < 4.78 is 347. The summed E-state index contributed by atoms with van der Waals surface area (Å²) in [6.07, 6.45) is -47.6. The first-order chi connectivity index (χ1) is 33.6. The molecule has 0 atom stereocenters. The third-order valence-electron chi connectivity index (χ3n) is 10.8. The van der Waals surface area contributed by atoms with Crippen LogP contribution in [0.1, 0.15) is 60.4 Å². The van der Waals surface area contributed by atoms with E-state index < -0.39 is 195 Å². The molecule has 74 heavy (non-hydrogen) atoms.